The van der Waals surface area contributed by atoms with Crippen molar-refractivity contribution in [3.05, 3.63) is 23.8 Å². The third-order valence-electron chi connectivity index (χ3n) is 5.02. The Kier molecular flexibility index (Phi) is 3.65. The van der Waals surface area contributed by atoms with E-state index in [9.17, 15) is 9.90 Å². The Morgan fingerprint density at radius 2 is 2.17 bits per heavy atom. The molecule has 0 spiro atoms. The van der Waals surface area contributed by atoms with Gasteiger partial charge in [-0.1, -0.05) is 37.6 Å². The van der Waals surface area contributed by atoms with Gasteiger partial charge in [0.15, 0.2) is 0 Å². The molecule has 2 heteroatoms. The number of carbonyl (C=O) groups is 1. The first-order valence-corrected chi connectivity index (χ1v) is 6.94. The number of carbonyl (C=O) groups excluding carboxylic acids is 1. The minimum Gasteiger partial charge on any atom is -0.550 e. The van der Waals surface area contributed by atoms with Gasteiger partial charge in [0.25, 0.3) is 0 Å². The van der Waals surface area contributed by atoms with Gasteiger partial charge in [0.2, 0.25) is 0 Å². The fourth-order valence-corrected chi connectivity index (χ4v) is 3.72. The number of aliphatic carboxylic acids is 1. The van der Waals surface area contributed by atoms with Crippen molar-refractivity contribution in [1.29, 1.82) is 0 Å². The third kappa shape index (κ3) is 2.52. The Bertz CT molecular complexity index is 390. The number of rotatable bonds is 2. The summed E-state index contributed by atoms with van der Waals surface area (Å²) in [6.45, 7) is 6.88. The number of hydrogen-bond donors (Lipinski definition) is 0. The monoisotopic (exact) mass is 247 g/mol. The number of carboxylic acid groups (broad SMARTS) is 1. The number of hydrogen-bond acceptors (Lipinski definition) is 2. The van der Waals surface area contributed by atoms with E-state index in [1.165, 1.54) is 5.57 Å². The molecule has 3 atom stereocenters. The van der Waals surface area contributed by atoms with E-state index in [1.54, 1.807) is 0 Å². The van der Waals surface area contributed by atoms with Gasteiger partial charge in [0, 0.05) is 5.97 Å². The standard InChI is InChI=1S/C16H24O2/c1-11-7-8-13-6-4-5-12(10-15(17)18)9-14(11)16(13,2)3/h4-5,7,12-14H,6,8-10H2,1-3H3,(H,17,18)/p-1/b5-4-/t12-,13+,14+/m0/s1. The molecule has 100 valence electrons. The Morgan fingerprint density at radius 3 is 2.83 bits per heavy atom. The van der Waals surface area contributed by atoms with Crippen LogP contribution in [0.5, 0.6) is 0 Å². The molecule has 0 N–H and O–H groups in total. The van der Waals surface area contributed by atoms with E-state index in [2.05, 4.69) is 39.0 Å². The molecule has 2 aliphatic carbocycles. The zero-order valence-electron chi connectivity index (χ0n) is 11.6. The smallest absolute Gasteiger partial charge is 0.0420 e. The average Bonchev–Trinajstić information content (AvgIpc) is 2.25. The maximum absolute atomic E-state index is 10.8. The maximum Gasteiger partial charge on any atom is 0.0420 e. The SMILES string of the molecule is CC1=CC[C@H]2C/C=C\[C@H](CC(=O)[O-])C[C@H]1C2(C)C. The van der Waals surface area contributed by atoms with Crippen molar-refractivity contribution in [3.63, 3.8) is 0 Å². The quantitative estimate of drug-likeness (QED) is 0.704. The highest BCUT2D eigenvalue weighted by molar-refractivity contribution is 5.64. The average molecular weight is 247 g/mol. The van der Waals surface area contributed by atoms with Crippen LogP contribution in [-0.2, 0) is 4.79 Å². The summed E-state index contributed by atoms with van der Waals surface area (Å²) >= 11 is 0. The Labute approximate surface area is 110 Å². The van der Waals surface area contributed by atoms with Crippen molar-refractivity contribution in [2.45, 2.75) is 46.5 Å². The summed E-state index contributed by atoms with van der Waals surface area (Å²) in [5.74, 6) is 0.385. The fourth-order valence-electron chi connectivity index (χ4n) is 3.72. The van der Waals surface area contributed by atoms with Gasteiger partial charge >= 0.3 is 0 Å². The van der Waals surface area contributed by atoms with Gasteiger partial charge in [-0.2, -0.15) is 0 Å². The van der Waals surface area contributed by atoms with Crippen molar-refractivity contribution in [3.8, 4) is 0 Å². The molecule has 0 saturated heterocycles. The molecule has 0 radical (unpaired) electrons. The molecular formula is C16H23O2-. The summed E-state index contributed by atoms with van der Waals surface area (Å²) in [5, 5.41) is 10.8. The molecule has 2 aliphatic rings. The minimum absolute atomic E-state index is 0.127. The highest BCUT2D eigenvalue weighted by atomic mass is 16.4. The van der Waals surface area contributed by atoms with Gasteiger partial charge in [0.05, 0.1) is 0 Å². The predicted octanol–water partition coefficient (Wildman–Crippen LogP) is 2.70. The Hall–Kier alpha value is -1.05. The van der Waals surface area contributed by atoms with E-state index >= 15 is 0 Å². The van der Waals surface area contributed by atoms with Crippen LogP contribution in [0.15, 0.2) is 23.8 Å². The van der Waals surface area contributed by atoms with Crippen LogP contribution in [0.4, 0.5) is 0 Å². The normalized spacial score (nSPS) is 36.2. The first-order chi connectivity index (χ1) is 8.41. The van der Waals surface area contributed by atoms with E-state index in [4.69, 9.17) is 0 Å². The van der Waals surface area contributed by atoms with Crippen LogP contribution in [0.3, 0.4) is 0 Å². The van der Waals surface area contributed by atoms with Gasteiger partial charge in [-0.15, -0.1) is 0 Å². The second kappa shape index (κ2) is 4.91. The molecule has 18 heavy (non-hydrogen) atoms. The lowest BCUT2D eigenvalue weighted by atomic mass is 9.58. The van der Waals surface area contributed by atoms with Crippen LogP contribution in [0, 0.1) is 23.2 Å². The van der Waals surface area contributed by atoms with Gasteiger partial charge in [-0.3, -0.25) is 0 Å². The highest BCUT2D eigenvalue weighted by Gasteiger charge is 2.41. The Morgan fingerprint density at radius 1 is 1.44 bits per heavy atom. The number of allylic oxidation sites excluding steroid dienone is 4. The summed E-state index contributed by atoms with van der Waals surface area (Å²) < 4.78 is 0. The van der Waals surface area contributed by atoms with Crippen LogP contribution < -0.4 is 5.11 Å². The van der Waals surface area contributed by atoms with Crippen LogP contribution in [0.1, 0.15) is 46.5 Å². The lowest BCUT2D eigenvalue weighted by molar-refractivity contribution is -0.306. The van der Waals surface area contributed by atoms with E-state index in [0.717, 1.165) is 19.3 Å². The molecule has 0 heterocycles. The Balaban J connectivity index is 2.26. The van der Waals surface area contributed by atoms with E-state index in [0.29, 0.717) is 11.8 Å². The van der Waals surface area contributed by atoms with Gasteiger partial charge in [-0.25, -0.2) is 0 Å². The number of fused-ring (bicyclic) bond motifs is 2. The minimum atomic E-state index is -0.933. The lowest BCUT2D eigenvalue weighted by Gasteiger charge is -2.47. The van der Waals surface area contributed by atoms with Crippen LogP contribution >= 0.6 is 0 Å². The van der Waals surface area contributed by atoms with Crippen LogP contribution in [0.2, 0.25) is 0 Å². The molecule has 0 unspecified atom stereocenters. The maximum atomic E-state index is 10.8. The van der Waals surface area contributed by atoms with Crippen molar-refractivity contribution >= 4 is 5.97 Å². The second-order valence-electron chi connectivity index (χ2n) is 6.49. The third-order valence-corrected chi connectivity index (χ3v) is 5.02. The molecular weight excluding hydrogens is 224 g/mol. The fraction of sp³-hybridized carbons (Fsp3) is 0.688. The van der Waals surface area contributed by atoms with Gasteiger partial charge < -0.3 is 9.90 Å². The number of carboxylic acids is 1. The van der Waals surface area contributed by atoms with Crippen LogP contribution in [0.25, 0.3) is 0 Å². The summed E-state index contributed by atoms with van der Waals surface area (Å²) in [6, 6.07) is 0. The summed E-state index contributed by atoms with van der Waals surface area (Å²) in [4.78, 5) is 10.8. The summed E-state index contributed by atoms with van der Waals surface area (Å²) in [7, 11) is 0. The molecule has 0 aromatic heterocycles. The van der Waals surface area contributed by atoms with Gasteiger partial charge in [0.1, 0.15) is 0 Å². The topological polar surface area (TPSA) is 40.1 Å². The molecule has 0 saturated carbocycles. The van der Waals surface area contributed by atoms with Crippen LogP contribution in [-0.4, -0.2) is 5.97 Å². The van der Waals surface area contributed by atoms with Gasteiger partial charge in [-0.05, 0) is 55.8 Å². The summed E-state index contributed by atoms with van der Waals surface area (Å²) in [6.07, 6.45) is 9.96. The largest absolute Gasteiger partial charge is 0.550 e. The van der Waals surface area contributed by atoms with E-state index < -0.39 is 5.97 Å². The van der Waals surface area contributed by atoms with E-state index in [1.807, 2.05) is 0 Å². The lowest BCUT2D eigenvalue weighted by Crippen LogP contribution is -2.38. The van der Waals surface area contributed by atoms with Crippen molar-refractivity contribution < 1.29 is 9.90 Å². The molecule has 0 fully saturated rings. The first kappa shape index (κ1) is 13.4. The van der Waals surface area contributed by atoms with Crippen molar-refractivity contribution in [2.24, 2.45) is 23.2 Å². The molecule has 2 nitrogen and oxygen atoms in total. The molecule has 0 aromatic carbocycles. The molecule has 0 aromatic rings. The van der Waals surface area contributed by atoms with E-state index in [-0.39, 0.29) is 17.8 Å². The van der Waals surface area contributed by atoms with Crippen molar-refractivity contribution in [1.82, 2.24) is 0 Å². The highest BCUT2D eigenvalue weighted by Crippen LogP contribution is 2.50. The molecule has 2 rings (SSSR count). The molecule has 0 amide bonds. The summed E-state index contributed by atoms with van der Waals surface area (Å²) in [5.41, 5.74) is 1.71. The first-order valence-electron chi connectivity index (χ1n) is 6.94. The molecule has 2 bridgehead atoms. The molecule has 0 aliphatic heterocycles. The zero-order valence-corrected chi connectivity index (χ0v) is 11.6. The van der Waals surface area contributed by atoms with Crippen molar-refractivity contribution in [2.75, 3.05) is 0 Å². The zero-order chi connectivity index (χ0) is 13.3. The predicted molar refractivity (Wildman–Crippen MR) is 70.6 cm³/mol. The second-order valence-corrected chi connectivity index (χ2v) is 6.49.